The second-order valence-electron chi connectivity index (χ2n) is 5.69. The van der Waals surface area contributed by atoms with E-state index in [4.69, 9.17) is 4.74 Å². The smallest absolute Gasteiger partial charge is 0.260 e. The minimum atomic E-state index is -0.388. The molecule has 1 saturated heterocycles. The van der Waals surface area contributed by atoms with E-state index >= 15 is 0 Å². The van der Waals surface area contributed by atoms with Crippen molar-refractivity contribution in [3.63, 3.8) is 0 Å². The van der Waals surface area contributed by atoms with Crippen LogP contribution in [-0.2, 0) is 11.3 Å². The van der Waals surface area contributed by atoms with E-state index in [1.807, 2.05) is 12.1 Å². The zero-order valence-electron chi connectivity index (χ0n) is 13.5. The van der Waals surface area contributed by atoms with E-state index in [1.54, 1.807) is 19.2 Å². The number of aromatic amines is 1. The van der Waals surface area contributed by atoms with Crippen LogP contribution in [0.3, 0.4) is 0 Å². The summed E-state index contributed by atoms with van der Waals surface area (Å²) in [6.07, 6.45) is 1.73. The van der Waals surface area contributed by atoms with Crippen LogP contribution in [0.2, 0.25) is 0 Å². The fourth-order valence-electron chi connectivity index (χ4n) is 2.56. The van der Waals surface area contributed by atoms with Crippen LogP contribution in [0, 0.1) is 6.92 Å². The van der Waals surface area contributed by atoms with Gasteiger partial charge in [0.05, 0.1) is 13.2 Å². The number of morpholine rings is 1. The molecule has 7 heteroatoms. The molecule has 0 atom stereocenters. The van der Waals surface area contributed by atoms with Crippen molar-refractivity contribution in [1.29, 1.82) is 0 Å². The Kier molecular flexibility index (Phi) is 4.90. The van der Waals surface area contributed by atoms with Gasteiger partial charge in [-0.1, -0.05) is 0 Å². The highest BCUT2D eigenvalue weighted by atomic mass is 16.5. The van der Waals surface area contributed by atoms with Gasteiger partial charge in [-0.05, 0) is 36.8 Å². The number of aryl methyl sites for hydroxylation is 1. The average molecular weight is 328 g/mol. The lowest BCUT2D eigenvalue weighted by Gasteiger charge is -2.28. The molecule has 0 unspecified atom stereocenters. The van der Waals surface area contributed by atoms with E-state index in [0.717, 1.165) is 30.2 Å². The molecule has 2 aromatic heterocycles. The number of ether oxygens (including phenoxy) is 1. The zero-order chi connectivity index (χ0) is 16.9. The first-order chi connectivity index (χ1) is 11.6. The van der Waals surface area contributed by atoms with Crippen LogP contribution >= 0.6 is 0 Å². The van der Waals surface area contributed by atoms with E-state index in [0.29, 0.717) is 19.8 Å². The molecule has 1 amide bonds. The number of nitrogens with zero attached hydrogens (tertiary/aromatic N) is 2. The SMILES string of the molecule is Cc1ccc(C(=O)NCc2ccnc(N3CCOCC3)c2)c(=O)[nH]1. The third-order valence-electron chi connectivity index (χ3n) is 3.90. The third-order valence-corrected chi connectivity index (χ3v) is 3.90. The monoisotopic (exact) mass is 328 g/mol. The highest BCUT2D eigenvalue weighted by molar-refractivity contribution is 5.93. The number of anilines is 1. The summed E-state index contributed by atoms with van der Waals surface area (Å²) in [5, 5.41) is 2.78. The molecule has 2 N–H and O–H groups in total. The van der Waals surface area contributed by atoms with Crippen molar-refractivity contribution in [2.45, 2.75) is 13.5 Å². The molecule has 3 heterocycles. The Morgan fingerprint density at radius 3 is 2.88 bits per heavy atom. The first-order valence-corrected chi connectivity index (χ1v) is 7.89. The van der Waals surface area contributed by atoms with E-state index in [1.165, 1.54) is 6.07 Å². The predicted molar refractivity (Wildman–Crippen MR) is 90.2 cm³/mol. The maximum atomic E-state index is 12.2. The molecule has 0 saturated carbocycles. The van der Waals surface area contributed by atoms with Crippen molar-refractivity contribution in [1.82, 2.24) is 15.3 Å². The Balaban J connectivity index is 1.66. The summed E-state index contributed by atoms with van der Waals surface area (Å²) in [5.41, 5.74) is 1.39. The van der Waals surface area contributed by atoms with Gasteiger partial charge in [0, 0.05) is 31.5 Å². The van der Waals surface area contributed by atoms with Crippen molar-refractivity contribution in [2.75, 3.05) is 31.2 Å². The summed E-state index contributed by atoms with van der Waals surface area (Å²) in [7, 11) is 0. The molecule has 7 nitrogen and oxygen atoms in total. The standard InChI is InChI=1S/C17H20N4O3/c1-12-2-3-14(17(23)20-12)16(22)19-11-13-4-5-18-15(10-13)21-6-8-24-9-7-21/h2-5,10H,6-9,11H2,1H3,(H,19,22)(H,20,23). The van der Waals surface area contributed by atoms with Gasteiger partial charge >= 0.3 is 0 Å². The van der Waals surface area contributed by atoms with Crippen molar-refractivity contribution < 1.29 is 9.53 Å². The van der Waals surface area contributed by atoms with E-state index in [2.05, 4.69) is 20.2 Å². The predicted octanol–water partition coefficient (Wildman–Crippen LogP) is 0.845. The first-order valence-electron chi connectivity index (χ1n) is 7.89. The van der Waals surface area contributed by atoms with Gasteiger partial charge in [-0.15, -0.1) is 0 Å². The summed E-state index contributed by atoms with van der Waals surface area (Å²) in [6.45, 7) is 5.11. The number of aromatic nitrogens is 2. The molecule has 0 aliphatic carbocycles. The van der Waals surface area contributed by atoms with Crippen LogP contribution in [-0.4, -0.2) is 42.2 Å². The Morgan fingerprint density at radius 2 is 2.12 bits per heavy atom. The van der Waals surface area contributed by atoms with Gasteiger partial charge in [0.1, 0.15) is 11.4 Å². The number of hydrogen-bond acceptors (Lipinski definition) is 5. The lowest BCUT2D eigenvalue weighted by atomic mass is 10.2. The third kappa shape index (κ3) is 3.80. The summed E-state index contributed by atoms with van der Waals surface area (Å²) < 4.78 is 5.34. The Hall–Kier alpha value is -2.67. The molecule has 1 aliphatic heterocycles. The van der Waals surface area contributed by atoms with E-state index in [9.17, 15) is 9.59 Å². The van der Waals surface area contributed by atoms with Gasteiger partial charge in [0.2, 0.25) is 0 Å². The molecule has 1 fully saturated rings. The second kappa shape index (κ2) is 7.27. The number of nitrogens with one attached hydrogen (secondary N) is 2. The minimum absolute atomic E-state index is 0.114. The molecule has 0 aromatic carbocycles. The molecule has 3 rings (SSSR count). The van der Waals surface area contributed by atoms with Gasteiger partial charge in [0.15, 0.2) is 0 Å². The molecule has 0 spiro atoms. The van der Waals surface area contributed by atoms with E-state index < -0.39 is 0 Å². The van der Waals surface area contributed by atoms with Crippen LogP contribution < -0.4 is 15.8 Å². The lowest BCUT2D eigenvalue weighted by molar-refractivity contribution is 0.0949. The summed E-state index contributed by atoms with van der Waals surface area (Å²) in [4.78, 5) is 33.1. The molecular formula is C17H20N4O3. The number of rotatable bonds is 4. The van der Waals surface area contributed by atoms with Gasteiger partial charge in [-0.2, -0.15) is 0 Å². The van der Waals surface area contributed by atoms with Crippen LogP contribution in [0.1, 0.15) is 21.6 Å². The number of pyridine rings is 2. The Bertz CT molecular complexity index is 781. The molecule has 0 radical (unpaired) electrons. The fourth-order valence-corrected chi connectivity index (χ4v) is 2.56. The van der Waals surface area contributed by atoms with Crippen LogP contribution in [0.5, 0.6) is 0 Å². The molecule has 0 bridgehead atoms. The first kappa shape index (κ1) is 16.2. The average Bonchev–Trinajstić information content (AvgIpc) is 2.61. The second-order valence-corrected chi connectivity index (χ2v) is 5.69. The summed E-state index contributed by atoms with van der Waals surface area (Å²) in [5.74, 6) is 0.485. The zero-order valence-corrected chi connectivity index (χ0v) is 13.5. The lowest BCUT2D eigenvalue weighted by Crippen LogP contribution is -2.36. The maximum absolute atomic E-state index is 12.2. The molecular weight excluding hydrogens is 308 g/mol. The quantitative estimate of drug-likeness (QED) is 0.869. The van der Waals surface area contributed by atoms with Gasteiger partial charge in [-0.3, -0.25) is 9.59 Å². The summed E-state index contributed by atoms with van der Waals surface area (Å²) >= 11 is 0. The number of amides is 1. The number of carbonyl (C=O) groups is 1. The Morgan fingerprint density at radius 1 is 1.33 bits per heavy atom. The maximum Gasteiger partial charge on any atom is 0.260 e. The van der Waals surface area contributed by atoms with Crippen LogP contribution in [0.4, 0.5) is 5.82 Å². The highest BCUT2D eigenvalue weighted by Gasteiger charge is 2.13. The molecule has 24 heavy (non-hydrogen) atoms. The normalized spacial score (nSPS) is 14.5. The number of carbonyl (C=O) groups excluding carboxylic acids is 1. The van der Waals surface area contributed by atoms with Crippen molar-refractivity contribution in [2.24, 2.45) is 0 Å². The van der Waals surface area contributed by atoms with Crippen molar-refractivity contribution in [3.8, 4) is 0 Å². The van der Waals surface area contributed by atoms with Gasteiger partial charge in [-0.25, -0.2) is 4.98 Å². The molecule has 1 aliphatic rings. The topological polar surface area (TPSA) is 87.3 Å². The number of hydrogen-bond donors (Lipinski definition) is 2. The number of H-pyrrole nitrogens is 1. The van der Waals surface area contributed by atoms with Crippen LogP contribution in [0.15, 0.2) is 35.3 Å². The summed E-state index contributed by atoms with van der Waals surface area (Å²) in [6, 6.07) is 7.04. The Labute approximate surface area is 139 Å². The van der Waals surface area contributed by atoms with Crippen molar-refractivity contribution in [3.05, 3.63) is 57.6 Å². The minimum Gasteiger partial charge on any atom is -0.378 e. The molecule has 2 aromatic rings. The van der Waals surface area contributed by atoms with Crippen molar-refractivity contribution >= 4 is 11.7 Å². The van der Waals surface area contributed by atoms with Gasteiger partial charge in [0.25, 0.3) is 11.5 Å². The fraction of sp³-hybridized carbons (Fsp3) is 0.353. The van der Waals surface area contributed by atoms with E-state index in [-0.39, 0.29) is 17.0 Å². The highest BCUT2D eigenvalue weighted by Crippen LogP contribution is 2.14. The molecule has 126 valence electrons. The largest absolute Gasteiger partial charge is 0.378 e. The van der Waals surface area contributed by atoms with Crippen LogP contribution in [0.25, 0.3) is 0 Å². The van der Waals surface area contributed by atoms with Gasteiger partial charge < -0.3 is 19.9 Å².